The first-order valence-corrected chi connectivity index (χ1v) is 10.8. The molecule has 0 spiro atoms. The summed E-state index contributed by atoms with van der Waals surface area (Å²) in [5.74, 6) is -0.199. The molecule has 0 saturated carbocycles. The Labute approximate surface area is 194 Å². The van der Waals surface area contributed by atoms with Gasteiger partial charge in [0.1, 0.15) is 0 Å². The molecule has 0 aliphatic carbocycles. The summed E-state index contributed by atoms with van der Waals surface area (Å²) in [7, 11) is 1.48. The van der Waals surface area contributed by atoms with E-state index in [1.807, 2.05) is 26.0 Å². The molecule has 8 heteroatoms. The van der Waals surface area contributed by atoms with Crippen molar-refractivity contribution in [2.24, 2.45) is 5.92 Å². The smallest absolute Gasteiger partial charge is 0.338 e. The van der Waals surface area contributed by atoms with Crippen LogP contribution in [0.4, 0.5) is 5.69 Å². The predicted molar refractivity (Wildman–Crippen MR) is 126 cm³/mol. The summed E-state index contributed by atoms with van der Waals surface area (Å²) in [5, 5.41) is 5.18. The number of esters is 1. The molecule has 0 atom stereocenters. The van der Waals surface area contributed by atoms with Crippen molar-refractivity contribution in [3.05, 3.63) is 53.1 Å². The van der Waals surface area contributed by atoms with Gasteiger partial charge in [-0.1, -0.05) is 26.0 Å². The van der Waals surface area contributed by atoms with E-state index in [1.54, 1.807) is 18.2 Å². The number of hydrogen-bond acceptors (Lipinski definition) is 6. The van der Waals surface area contributed by atoms with E-state index < -0.39 is 18.5 Å². The van der Waals surface area contributed by atoms with Crippen molar-refractivity contribution in [3.63, 3.8) is 0 Å². The van der Waals surface area contributed by atoms with Crippen molar-refractivity contribution in [1.29, 1.82) is 0 Å². The van der Waals surface area contributed by atoms with Crippen LogP contribution in [0.5, 0.6) is 11.5 Å². The monoisotopic (exact) mass is 456 g/mol. The second kappa shape index (κ2) is 12.5. The summed E-state index contributed by atoms with van der Waals surface area (Å²) >= 11 is 0. The van der Waals surface area contributed by atoms with Crippen LogP contribution in [-0.4, -0.2) is 44.7 Å². The van der Waals surface area contributed by atoms with E-state index in [9.17, 15) is 14.4 Å². The zero-order valence-electron chi connectivity index (χ0n) is 19.8. The third kappa shape index (κ3) is 8.14. The van der Waals surface area contributed by atoms with Crippen LogP contribution in [0.3, 0.4) is 0 Å². The number of carbonyl (C=O) groups excluding carboxylic acids is 3. The molecule has 0 bridgehead atoms. The highest BCUT2D eigenvalue weighted by atomic mass is 16.5. The molecule has 33 heavy (non-hydrogen) atoms. The minimum Gasteiger partial charge on any atom is -0.493 e. The lowest BCUT2D eigenvalue weighted by atomic mass is 10.1. The first-order valence-electron chi connectivity index (χ1n) is 10.8. The summed E-state index contributed by atoms with van der Waals surface area (Å²) in [5.41, 5.74) is 2.92. The normalized spacial score (nSPS) is 10.5. The Hall–Kier alpha value is -3.55. The highest BCUT2D eigenvalue weighted by molar-refractivity contribution is 5.96. The first kappa shape index (κ1) is 25.7. The van der Waals surface area contributed by atoms with Gasteiger partial charge in [-0.15, -0.1) is 0 Å². The molecule has 2 N–H and O–H groups in total. The molecular weight excluding hydrogens is 424 g/mol. The van der Waals surface area contributed by atoms with Crippen LogP contribution in [0.1, 0.15) is 41.8 Å². The summed E-state index contributed by atoms with van der Waals surface area (Å²) in [6.45, 7) is 7.85. The molecule has 2 rings (SSSR count). The van der Waals surface area contributed by atoms with Crippen molar-refractivity contribution in [2.45, 2.75) is 34.1 Å². The van der Waals surface area contributed by atoms with Crippen LogP contribution < -0.4 is 20.1 Å². The topological polar surface area (TPSA) is 103 Å². The van der Waals surface area contributed by atoms with Gasteiger partial charge in [0.05, 0.1) is 25.8 Å². The van der Waals surface area contributed by atoms with Gasteiger partial charge in [0.2, 0.25) is 5.91 Å². The van der Waals surface area contributed by atoms with Gasteiger partial charge in [-0.3, -0.25) is 9.59 Å². The van der Waals surface area contributed by atoms with Crippen LogP contribution >= 0.6 is 0 Å². The van der Waals surface area contributed by atoms with E-state index in [-0.39, 0.29) is 18.0 Å². The first-order chi connectivity index (χ1) is 15.7. The third-order valence-electron chi connectivity index (χ3n) is 5.01. The van der Waals surface area contributed by atoms with Gasteiger partial charge in [-0.25, -0.2) is 4.79 Å². The fourth-order valence-corrected chi connectivity index (χ4v) is 2.84. The number of aryl methyl sites for hydroxylation is 1. The van der Waals surface area contributed by atoms with Crippen molar-refractivity contribution in [3.8, 4) is 11.5 Å². The van der Waals surface area contributed by atoms with Gasteiger partial charge in [-0.2, -0.15) is 0 Å². The Morgan fingerprint density at radius 1 is 1.00 bits per heavy atom. The largest absolute Gasteiger partial charge is 0.493 e. The van der Waals surface area contributed by atoms with Crippen molar-refractivity contribution in [2.75, 3.05) is 32.2 Å². The van der Waals surface area contributed by atoms with Gasteiger partial charge < -0.3 is 24.8 Å². The fourth-order valence-electron chi connectivity index (χ4n) is 2.84. The van der Waals surface area contributed by atoms with E-state index in [0.29, 0.717) is 29.7 Å². The number of amides is 2. The zero-order valence-corrected chi connectivity index (χ0v) is 19.8. The minimum atomic E-state index is -0.683. The number of methoxy groups -OCH3 is 1. The molecule has 0 fully saturated rings. The maximum atomic E-state index is 12.3. The Kier molecular flexibility index (Phi) is 9.72. The molecular formula is C25H32N2O6. The van der Waals surface area contributed by atoms with Crippen molar-refractivity contribution in [1.82, 2.24) is 5.32 Å². The molecule has 2 aromatic rings. The maximum Gasteiger partial charge on any atom is 0.338 e. The molecule has 0 aliphatic rings. The summed E-state index contributed by atoms with van der Waals surface area (Å²) in [6, 6.07) is 10.3. The summed E-state index contributed by atoms with van der Waals surface area (Å²) in [4.78, 5) is 36.4. The van der Waals surface area contributed by atoms with Crippen molar-refractivity contribution >= 4 is 23.5 Å². The van der Waals surface area contributed by atoms with Crippen LogP contribution in [0.2, 0.25) is 0 Å². The molecule has 2 amide bonds. The SMILES string of the molecule is COc1cc(C(=O)OCC(=O)NCC(=O)Nc2cccc(C)c2C)ccc1OCCC(C)C. The van der Waals surface area contributed by atoms with E-state index in [1.165, 1.54) is 13.2 Å². The number of rotatable bonds is 11. The van der Waals surface area contributed by atoms with E-state index in [0.717, 1.165) is 17.5 Å². The molecule has 0 heterocycles. The second-order valence-electron chi connectivity index (χ2n) is 8.05. The maximum absolute atomic E-state index is 12.3. The van der Waals surface area contributed by atoms with Gasteiger partial charge >= 0.3 is 5.97 Å². The van der Waals surface area contributed by atoms with Gasteiger partial charge in [-0.05, 0) is 61.6 Å². The van der Waals surface area contributed by atoms with Crippen LogP contribution in [0, 0.1) is 19.8 Å². The molecule has 0 aromatic heterocycles. The number of ether oxygens (including phenoxy) is 3. The minimum absolute atomic E-state index is 0.225. The lowest BCUT2D eigenvalue weighted by molar-refractivity contribution is -0.126. The Morgan fingerprint density at radius 2 is 1.76 bits per heavy atom. The van der Waals surface area contributed by atoms with Gasteiger partial charge in [0.15, 0.2) is 18.1 Å². The average Bonchev–Trinajstić information content (AvgIpc) is 2.79. The number of benzene rings is 2. The summed E-state index contributed by atoms with van der Waals surface area (Å²) < 4.78 is 16.0. The zero-order chi connectivity index (χ0) is 24.4. The molecule has 2 aromatic carbocycles. The quantitative estimate of drug-likeness (QED) is 0.501. The highest BCUT2D eigenvalue weighted by Gasteiger charge is 2.15. The summed E-state index contributed by atoms with van der Waals surface area (Å²) in [6.07, 6.45) is 0.894. The number of anilines is 1. The van der Waals surface area contributed by atoms with Crippen LogP contribution in [0.15, 0.2) is 36.4 Å². The average molecular weight is 457 g/mol. The molecule has 8 nitrogen and oxygen atoms in total. The fraction of sp³-hybridized carbons (Fsp3) is 0.400. The molecule has 0 radical (unpaired) electrons. The van der Waals surface area contributed by atoms with Gasteiger partial charge in [0.25, 0.3) is 5.91 Å². The Morgan fingerprint density at radius 3 is 2.45 bits per heavy atom. The van der Waals surface area contributed by atoms with Crippen molar-refractivity contribution < 1.29 is 28.6 Å². The van der Waals surface area contributed by atoms with E-state index >= 15 is 0 Å². The molecule has 0 saturated heterocycles. The third-order valence-corrected chi connectivity index (χ3v) is 5.01. The molecule has 0 aliphatic heterocycles. The predicted octanol–water partition coefficient (Wildman–Crippen LogP) is 3.65. The van der Waals surface area contributed by atoms with E-state index in [2.05, 4.69) is 24.5 Å². The van der Waals surface area contributed by atoms with Crippen LogP contribution in [0.25, 0.3) is 0 Å². The highest BCUT2D eigenvalue weighted by Crippen LogP contribution is 2.28. The van der Waals surface area contributed by atoms with Crippen LogP contribution in [-0.2, 0) is 14.3 Å². The lowest BCUT2D eigenvalue weighted by Crippen LogP contribution is -2.35. The Balaban J connectivity index is 1.81. The Bertz CT molecular complexity index is 987. The number of carbonyl (C=O) groups is 3. The van der Waals surface area contributed by atoms with E-state index in [4.69, 9.17) is 14.2 Å². The number of hydrogen-bond donors (Lipinski definition) is 2. The standard InChI is InChI=1S/C25H32N2O6/c1-16(2)11-12-32-21-10-9-19(13-22(21)31-5)25(30)33-15-24(29)26-14-23(28)27-20-8-6-7-17(3)18(20)4/h6-10,13,16H,11-12,14-15H2,1-5H3,(H,26,29)(H,27,28). The molecule has 0 unspecified atom stereocenters. The second-order valence-corrected chi connectivity index (χ2v) is 8.05. The number of nitrogens with one attached hydrogen (secondary N) is 2. The molecule has 178 valence electrons. The lowest BCUT2D eigenvalue weighted by Gasteiger charge is -2.13. The van der Waals surface area contributed by atoms with Gasteiger partial charge in [0, 0.05) is 5.69 Å².